The van der Waals surface area contributed by atoms with Gasteiger partial charge in [-0.2, -0.15) is 10.4 Å². The first-order chi connectivity index (χ1) is 7.40. The van der Waals surface area contributed by atoms with E-state index in [1.165, 1.54) is 12.6 Å². The van der Waals surface area contributed by atoms with Crippen molar-refractivity contribution in [1.82, 2.24) is 15.5 Å². The number of nitrogens with one attached hydrogen (secondary N) is 2. The molecule has 1 aromatic heterocycles. The normalized spacial score (nSPS) is 19.8. The maximum atomic E-state index is 8.84. The highest BCUT2D eigenvalue weighted by Gasteiger charge is 2.14. The fourth-order valence-corrected chi connectivity index (χ4v) is 1.68. The van der Waals surface area contributed by atoms with Crippen molar-refractivity contribution in [3.63, 3.8) is 0 Å². The molecular weight excluding hydrogens is 190 g/mol. The lowest BCUT2D eigenvalue weighted by atomic mass is 10.1. The van der Waals surface area contributed by atoms with E-state index in [0.717, 1.165) is 19.6 Å². The summed E-state index contributed by atoms with van der Waals surface area (Å²) in [5, 5.41) is 23.0. The van der Waals surface area contributed by atoms with Gasteiger partial charge in [0.15, 0.2) is 5.82 Å². The van der Waals surface area contributed by atoms with E-state index in [9.17, 15) is 0 Å². The van der Waals surface area contributed by atoms with Gasteiger partial charge in [-0.1, -0.05) is 0 Å². The average molecular weight is 203 g/mol. The predicted molar refractivity (Wildman–Crippen MR) is 56.2 cm³/mol. The van der Waals surface area contributed by atoms with Crippen LogP contribution in [0.2, 0.25) is 0 Å². The summed E-state index contributed by atoms with van der Waals surface area (Å²) < 4.78 is 0. The lowest BCUT2D eigenvalue weighted by Gasteiger charge is -2.10. The van der Waals surface area contributed by atoms with Crippen LogP contribution in [0.3, 0.4) is 0 Å². The van der Waals surface area contributed by atoms with Gasteiger partial charge in [0, 0.05) is 6.54 Å². The van der Waals surface area contributed by atoms with Crippen LogP contribution in [0.4, 0.5) is 5.82 Å². The summed E-state index contributed by atoms with van der Waals surface area (Å²) in [6, 6.07) is 3.76. The van der Waals surface area contributed by atoms with Gasteiger partial charge in [0.1, 0.15) is 6.07 Å². The van der Waals surface area contributed by atoms with E-state index in [-0.39, 0.29) is 0 Å². The Kier molecular flexibility index (Phi) is 3.10. The van der Waals surface area contributed by atoms with Crippen molar-refractivity contribution in [2.24, 2.45) is 5.92 Å². The molecule has 5 heteroatoms. The Labute approximate surface area is 88.5 Å². The monoisotopic (exact) mass is 203 g/mol. The van der Waals surface area contributed by atoms with Gasteiger partial charge in [0.2, 0.25) is 0 Å². The topological polar surface area (TPSA) is 73.6 Å². The minimum Gasteiger partial charge on any atom is -0.367 e. The van der Waals surface area contributed by atoms with Crippen LogP contribution in [0.1, 0.15) is 12.0 Å². The molecule has 1 fully saturated rings. The largest absolute Gasteiger partial charge is 0.367 e. The number of aromatic nitrogens is 2. The second kappa shape index (κ2) is 4.71. The van der Waals surface area contributed by atoms with Gasteiger partial charge >= 0.3 is 0 Å². The van der Waals surface area contributed by atoms with Crippen LogP contribution in [0.25, 0.3) is 0 Å². The first-order valence-electron chi connectivity index (χ1n) is 5.06. The van der Waals surface area contributed by atoms with E-state index in [1.54, 1.807) is 6.07 Å². The smallest absolute Gasteiger partial charge is 0.166 e. The molecule has 0 saturated carbocycles. The standard InChI is InChI=1S/C10H13N5/c11-5-9-2-4-14-15-10(9)13-7-8-1-3-12-6-8/h2,4,8,12H,1,3,6-7H2,(H,13,15). The molecule has 2 heterocycles. The van der Waals surface area contributed by atoms with Crippen molar-refractivity contribution in [3.8, 4) is 6.07 Å². The molecule has 78 valence electrons. The molecule has 0 aliphatic carbocycles. The second-order valence-electron chi connectivity index (χ2n) is 3.65. The summed E-state index contributed by atoms with van der Waals surface area (Å²) in [4.78, 5) is 0. The summed E-state index contributed by atoms with van der Waals surface area (Å²) in [5.74, 6) is 1.21. The molecule has 1 aliphatic rings. The molecule has 1 saturated heterocycles. The fourth-order valence-electron chi connectivity index (χ4n) is 1.68. The van der Waals surface area contributed by atoms with E-state index in [0.29, 0.717) is 17.3 Å². The van der Waals surface area contributed by atoms with Crippen LogP contribution in [-0.4, -0.2) is 29.8 Å². The number of nitriles is 1. The van der Waals surface area contributed by atoms with Crippen LogP contribution in [0.5, 0.6) is 0 Å². The molecule has 0 spiro atoms. The molecule has 2 N–H and O–H groups in total. The molecule has 1 aromatic rings. The fraction of sp³-hybridized carbons (Fsp3) is 0.500. The maximum absolute atomic E-state index is 8.84. The lowest BCUT2D eigenvalue weighted by molar-refractivity contribution is 0.613. The molecule has 0 bridgehead atoms. The zero-order valence-corrected chi connectivity index (χ0v) is 8.40. The van der Waals surface area contributed by atoms with Crippen molar-refractivity contribution >= 4 is 5.82 Å². The maximum Gasteiger partial charge on any atom is 0.166 e. The second-order valence-corrected chi connectivity index (χ2v) is 3.65. The summed E-state index contributed by atoms with van der Waals surface area (Å²) >= 11 is 0. The molecule has 1 atom stereocenters. The third kappa shape index (κ3) is 2.42. The molecule has 0 aromatic carbocycles. The van der Waals surface area contributed by atoms with Gasteiger partial charge in [0.25, 0.3) is 0 Å². The minimum absolute atomic E-state index is 0.552. The molecule has 5 nitrogen and oxygen atoms in total. The van der Waals surface area contributed by atoms with Crippen molar-refractivity contribution in [1.29, 1.82) is 5.26 Å². The minimum atomic E-state index is 0.552. The molecular formula is C10H13N5. The van der Waals surface area contributed by atoms with Crippen molar-refractivity contribution < 1.29 is 0 Å². The van der Waals surface area contributed by atoms with Crippen LogP contribution in [0, 0.1) is 17.2 Å². The van der Waals surface area contributed by atoms with Crippen molar-refractivity contribution in [2.45, 2.75) is 6.42 Å². The Bertz CT molecular complexity index is 364. The quantitative estimate of drug-likeness (QED) is 0.742. The van der Waals surface area contributed by atoms with Gasteiger partial charge in [0.05, 0.1) is 11.8 Å². The zero-order chi connectivity index (χ0) is 10.5. The van der Waals surface area contributed by atoms with Gasteiger partial charge < -0.3 is 10.6 Å². The lowest BCUT2D eigenvalue weighted by Crippen LogP contribution is -2.18. The Morgan fingerprint density at radius 3 is 3.33 bits per heavy atom. The first-order valence-corrected chi connectivity index (χ1v) is 5.06. The van der Waals surface area contributed by atoms with Crippen LogP contribution >= 0.6 is 0 Å². The highest BCUT2D eigenvalue weighted by atomic mass is 15.2. The average Bonchev–Trinajstić information content (AvgIpc) is 2.79. The number of rotatable bonds is 3. The molecule has 15 heavy (non-hydrogen) atoms. The summed E-state index contributed by atoms with van der Waals surface area (Å²) in [6.45, 7) is 2.97. The third-order valence-electron chi connectivity index (χ3n) is 2.56. The van der Waals surface area contributed by atoms with Crippen molar-refractivity contribution in [2.75, 3.05) is 25.0 Å². The van der Waals surface area contributed by atoms with Crippen LogP contribution < -0.4 is 10.6 Å². The number of hydrogen-bond acceptors (Lipinski definition) is 5. The van der Waals surface area contributed by atoms with E-state index >= 15 is 0 Å². The summed E-state index contributed by atoms with van der Waals surface area (Å²) in [7, 11) is 0. The highest BCUT2D eigenvalue weighted by molar-refractivity contribution is 5.50. The molecule has 1 aliphatic heterocycles. The van der Waals surface area contributed by atoms with Crippen LogP contribution in [-0.2, 0) is 0 Å². The Hall–Kier alpha value is -1.67. The van der Waals surface area contributed by atoms with Crippen LogP contribution in [0.15, 0.2) is 12.3 Å². The number of hydrogen-bond donors (Lipinski definition) is 2. The van der Waals surface area contributed by atoms with Crippen molar-refractivity contribution in [3.05, 3.63) is 17.8 Å². The van der Waals surface area contributed by atoms with Gasteiger partial charge in [-0.3, -0.25) is 0 Å². The molecule has 2 rings (SSSR count). The third-order valence-corrected chi connectivity index (χ3v) is 2.56. The Morgan fingerprint density at radius 2 is 2.60 bits per heavy atom. The van der Waals surface area contributed by atoms with E-state index in [4.69, 9.17) is 5.26 Å². The first kappa shape index (κ1) is 9.87. The van der Waals surface area contributed by atoms with E-state index in [2.05, 4.69) is 26.9 Å². The molecule has 0 radical (unpaired) electrons. The number of anilines is 1. The number of nitrogens with zero attached hydrogens (tertiary/aromatic N) is 3. The van der Waals surface area contributed by atoms with E-state index in [1.807, 2.05) is 0 Å². The zero-order valence-electron chi connectivity index (χ0n) is 8.40. The molecule has 1 unspecified atom stereocenters. The predicted octanol–water partition coefficient (Wildman–Crippen LogP) is 0.370. The van der Waals surface area contributed by atoms with Gasteiger partial charge in [-0.15, -0.1) is 5.10 Å². The van der Waals surface area contributed by atoms with E-state index < -0.39 is 0 Å². The SMILES string of the molecule is N#Cc1ccnnc1NCC1CCNC1. The Balaban J connectivity index is 1.95. The summed E-state index contributed by atoms with van der Waals surface area (Å²) in [6.07, 6.45) is 2.70. The molecule has 0 amide bonds. The Morgan fingerprint density at radius 1 is 1.67 bits per heavy atom. The highest BCUT2D eigenvalue weighted by Crippen LogP contribution is 2.12. The van der Waals surface area contributed by atoms with Gasteiger partial charge in [-0.05, 0) is 31.5 Å². The van der Waals surface area contributed by atoms with Gasteiger partial charge in [-0.25, -0.2) is 0 Å². The summed E-state index contributed by atoms with van der Waals surface area (Å²) in [5.41, 5.74) is 0.552.